The first-order valence-electron chi connectivity index (χ1n) is 6.92. The summed E-state index contributed by atoms with van der Waals surface area (Å²) in [4.78, 5) is 11.4. The maximum absolute atomic E-state index is 11.4. The third-order valence-electron chi connectivity index (χ3n) is 4.10. The second kappa shape index (κ2) is 5.07. The van der Waals surface area contributed by atoms with E-state index in [0.29, 0.717) is 17.1 Å². The van der Waals surface area contributed by atoms with Crippen molar-refractivity contribution in [1.82, 2.24) is 10.2 Å². The van der Waals surface area contributed by atoms with Gasteiger partial charge >= 0.3 is 5.97 Å². The summed E-state index contributed by atoms with van der Waals surface area (Å²) >= 11 is 0. The Morgan fingerprint density at radius 2 is 2.10 bits per heavy atom. The molecule has 0 spiro atoms. The number of fused-ring (bicyclic) bond motifs is 1. The average Bonchev–Trinajstić information content (AvgIpc) is 2.36. The molecule has 5 nitrogen and oxygen atoms in total. The van der Waals surface area contributed by atoms with Gasteiger partial charge < -0.3 is 10.4 Å². The fourth-order valence-electron chi connectivity index (χ4n) is 2.63. The molecule has 2 N–H and O–H groups in total. The highest BCUT2D eigenvalue weighted by atomic mass is 16.4. The summed E-state index contributed by atoms with van der Waals surface area (Å²) in [5, 5.41) is 21.3. The molecule has 3 rings (SSSR count). The van der Waals surface area contributed by atoms with E-state index in [-0.39, 0.29) is 11.7 Å². The number of benzene rings is 1. The van der Waals surface area contributed by atoms with Gasteiger partial charge in [-0.15, -0.1) is 10.2 Å². The fourth-order valence-corrected chi connectivity index (χ4v) is 2.63. The number of nitrogens with zero attached hydrogens (tertiary/aromatic N) is 2. The molecule has 104 valence electrons. The van der Waals surface area contributed by atoms with Gasteiger partial charge in [0.15, 0.2) is 5.69 Å². The van der Waals surface area contributed by atoms with Gasteiger partial charge in [-0.2, -0.15) is 0 Å². The molecule has 1 atom stereocenters. The number of hydrogen-bond donors (Lipinski definition) is 2. The van der Waals surface area contributed by atoms with E-state index in [4.69, 9.17) is 0 Å². The summed E-state index contributed by atoms with van der Waals surface area (Å²) in [5.74, 6) is -0.435. The van der Waals surface area contributed by atoms with Crippen molar-refractivity contribution < 1.29 is 9.90 Å². The Balaban J connectivity index is 2.04. The van der Waals surface area contributed by atoms with Crippen molar-refractivity contribution in [3.8, 4) is 0 Å². The molecule has 0 amide bonds. The Morgan fingerprint density at radius 3 is 2.75 bits per heavy atom. The van der Waals surface area contributed by atoms with Gasteiger partial charge in [0, 0.05) is 11.4 Å². The lowest BCUT2D eigenvalue weighted by atomic mass is 9.80. The Labute approximate surface area is 117 Å². The molecule has 1 aliphatic carbocycles. The molecule has 0 saturated heterocycles. The Bertz CT molecular complexity index is 653. The van der Waals surface area contributed by atoms with Crippen molar-refractivity contribution in [2.75, 3.05) is 5.32 Å². The van der Waals surface area contributed by atoms with Crippen LogP contribution in [0.3, 0.4) is 0 Å². The molecule has 1 fully saturated rings. The van der Waals surface area contributed by atoms with Crippen molar-refractivity contribution >= 4 is 22.6 Å². The van der Waals surface area contributed by atoms with Crippen molar-refractivity contribution in [2.24, 2.45) is 5.92 Å². The van der Waals surface area contributed by atoms with E-state index >= 15 is 0 Å². The minimum absolute atomic E-state index is 0.00475. The number of anilines is 1. The molecular weight excluding hydrogens is 254 g/mol. The monoisotopic (exact) mass is 271 g/mol. The van der Waals surface area contributed by atoms with Gasteiger partial charge in [0.2, 0.25) is 0 Å². The third-order valence-corrected chi connectivity index (χ3v) is 4.10. The highest BCUT2D eigenvalue weighted by Gasteiger charge is 2.26. The molecule has 1 heterocycles. The molecule has 1 aromatic heterocycles. The zero-order valence-corrected chi connectivity index (χ0v) is 11.3. The number of nitrogens with one attached hydrogen (secondary N) is 1. The molecule has 0 radical (unpaired) electrons. The van der Waals surface area contributed by atoms with Gasteiger partial charge in [-0.25, -0.2) is 4.79 Å². The largest absolute Gasteiger partial charge is 0.476 e. The first kappa shape index (κ1) is 12.8. The third kappa shape index (κ3) is 2.19. The second-order valence-corrected chi connectivity index (χ2v) is 5.37. The molecule has 1 aromatic carbocycles. The number of carboxylic acids is 1. The van der Waals surface area contributed by atoms with Gasteiger partial charge in [-0.1, -0.05) is 24.6 Å². The smallest absolute Gasteiger partial charge is 0.358 e. The van der Waals surface area contributed by atoms with Crippen LogP contribution in [0.2, 0.25) is 0 Å². The van der Waals surface area contributed by atoms with Crippen molar-refractivity contribution in [2.45, 2.75) is 32.2 Å². The van der Waals surface area contributed by atoms with E-state index < -0.39 is 5.97 Å². The van der Waals surface area contributed by atoms with Crippen LogP contribution in [0.4, 0.5) is 5.69 Å². The van der Waals surface area contributed by atoms with Crippen LogP contribution >= 0.6 is 0 Å². The van der Waals surface area contributed by atoms with Crippen LogP contribution in [0.15, 0.2) is 24.3 Å². The topological polar surface area (TPSA) is 75.1 Å². The first-order valence-corrected chi connectivity index (χ1v) is 6.92. The molecule has 0 bridgehead atoms. The fraction of sp³-hybridized carbons (Fsp3) is 0.400. The van der Waals surface area contributed by atoms with Crippen LogP contribution in [0, 0.1) is 5.92 Å². The van der Waals surface area contributed by atoms with Crippen LogP contribution in [0.25, 0.3) is 10.9 Å². The van der Waals surface area contributed by atoms with Crippen molar-refractivity contribution in [3.63, 3.8) is 0 Å². The highest BCUT2D eigenvalue weighted by Crippen LogP contribution is 2.33. The molecule has 1 unspecified atom stereocenters. The lowest BCUT2D eigenvalue weighted by Gasteiger charge is -2.32. The van der Waals surface area contributed by atoms with Crippen LogP contribution in [0.1, 0.15) is 36.7 Å². The van der Waals surface area contributed by atoms with Gasteiger partial charge in [0.05, 0.1) is 11.2 Å². The quantitative estimate of drug-likeness (QED) is 0.894. The average molecular weight is 271 g/mol. The highest BCUT2D eigenvalue weighted by molar-refractivity contribution is 6.02. The number of rotatable bonds is 4. The lowest BCUT2D eigenvalue weighted by Crippen LogP contribution is -2.31. The number of aromatic carboxylic acids is 1. The maximum atomic E-state index is 11.4. The minimum atomic E-state index is -1.05. The summed E-state index contributed by atoms with van der Waals surface area (Å²) in [6, 6.07) is 7.72. The molecule has 0 aliphatic heterocycles. The zero-order valence-electron chi connectivity index (χ0n) is 11.3. The molecular formula is C15H17N3O2. The van der Waals surface area contributed by atoms with Crippen LogP contribution in [0.5, 0.6) is 0 Å². The van der Waals surface area contributed by atoms with Crippen LogP contribution in [-0.2, 0) is 0 Å². The minimum Gasteiger partial charge on any atom is -0.476 e. The normalized spacial score (nSPS) is 16.6. The molecule has 5 heteroatoms. The Hall–Kier alpha value is -2.17. The SMILES string of the molecule is CC(Nc1c(C(=O)O)nnc2ccccc12)C1CCC1. The van der Waals surface area contributed by atoms with E-state index in [2.05, 4.69) is 22.4 Å². The lowest BCUT2D eigenvalue weighted by molar-refractivity contribution is 0.0690. The number of hydrogen-bond acceptors (Lipinski definition) is 4. The predicted molar refractivity (Wildman–Crippen MR) is 76.9 cm³/mol. The number of carbonyl (C=O) groups is 1. The number of aromatic nitrogens is 2. The van der Waals surface area contributed by atoms with E-state index in [0.717, 1.165) is 5.39 Å². The van der Waals surface area contributed by atoms with E-state index in [1.54, 1.807) is 0 Å². The summed E-state index contributed by atoms with van der Waals surface area (Å²) in [7, 11) is 0. The zero-order chi connectivity index (χ0) is 14.1. The van der Waals surface area contributed by atoms with E-state index in [9.17, 15) is 9.90 Å². The predicted octanol–water partition coefficient (Wildman–Crippen LogP) is 2.93. The first-order chi connectivity index (χ1) is 9.66. The maximum Gasteiger partial charge on any atom is 0.358 e. The van der Waals surface area contributed by atoms with E-state index in [1.165, 1.54) is 19.3 Å². The van der Waals surface area contributed by atoms with Crippen molar-refractivity contribution in [3.05, 3.63) is 30.0 Å². The van der Waals surface area contributed by atoms with Gasteiger partial charge in [-0.05, 0) is 31.7 Å². The standard InChI is InChI=1S/C15H17N3O2/c1-9(10-5-4-6-10)16-13-11-7-2-3-8-12(11)17-18-14(13)15(19)20/h2-3,7-10H,4-6H2,1H3,(H,16,17)(H,19,20). The molecule has 1 saturated carbocycles. The summed E-state index contributed by atoms with van der Waals surface area (Å²) in [6.45, 7) is 2.10. The molecule has 1 aliphatic rings. The summed E-state index contributed by atoms with van der Waals surface area (Å²) in [5.41, 5.74) is 1.29. The second-order valence-electron chi connectivity index (χ2n) is 5.37. The molecule has 20 heavy (non-hydrogen) atoms. The Morgan fingerprint density at radius 1 is 1.35 bits per heavy atom. The van der Waals surface area contributed by atoms with Gasteiger partial charge in [0.1, 0.15) is 0 Å². The van der Waals surface area contributed by atoms with Gasteiger partial charge in [0.25, 0.3) is 0 Å². The van der Waals surface area contributed by atoms with Crippen LogP contribution < -0.4 is 5.32 Å². The summed E-state index contributed by atoms with van der Waals surface area (Å²) < 4.78 is 0. The number of carboxylic acid groups (broad SMARTS) is 1. The Kier molecular flexibility index (Phi) is 3.26. The summed E-state index contributed by atoms with van der Waals surface area (Å²) in [6.07, 6.45) is 3.66. The molecule has 2 aromatic rings. The van der Waals surface area contributed by atoms with Gasteiger partial charge in [-0.3, -0.25) is 0 Å². The van der Waals surface area contributed by atoms with E-state index in [1.807, 2.05) is 24.3 Å². The van der Waals surface area contributed by atoms with Crippen molar-refractivity contribution in [1.29, 1.82) is 0 Å². The van der Waals surface area contributed by atoms with Crippen LogP contribution in [-0.4, -0.2) is 27.3 Å².